The molecule has 1 heterocycles. The molecule has 1 aliphatic heterocycles. The minimum atomic E-state index is -0.468. The average molecular weight is 569 g/mol. The van der Waals surface area contributed by atoms with Crippen molar-refractivity contribution in [3.05, 3.63) is 59.9 Å². The van der Waals surface area contributed by atoms with Crippen molar-refractivity contribution in [2.45, 2.75) is 25.8 Å². The number of benzene rings is 2. The molecule has 2 atom stereocenters. The molecule has 7 nitrogen and oxygen atoms in total. The number of nitrogens with one attached hydrogen (secondary N) is 2. The molecule has 33 heavy (non-hydrogen) atoms. The first-order chi connectivity index (χ1) is 15.5. The van der Waals surface area contributed by atoms with Gasteiger partial charge in [0.1, 0.15) is 11.6 Å². The Morgan fingerprint density at radius 2 is 2.00 bits per heavy atom. The van der Waals surface area contributed by atoms with E-state index in [1.807, 2.05) is 25.1 Å². The fraction of sp³-hybridized carbons (Fsp3) is 0.417. The molecule has 0 spiro atoms. The van der Waals surface area contributed by atoms with Gasteiger partial charge in [-0.25, -0.2) is 4.39 Å². The van der Waals surface area contributed by atoms with Crippen molar-refractivity contribution in [3.8, 4) is 5.75 Å². The number of anilines is 1. The van der Waals surface area contributed by atoms with E-state index in [1.165, 1.54) is 12.1 Å². The van der Waals surface area contributed by atoms with Crippen molar-refractivity contribution in [1.82, 2.24) is 10.6 Å². The number of guanidine groups is 1. The maximum absolute atomic E-state index is 13.2. The van der Waals surface area contributed by atoms with Crippen LogP contribution in [0.4, 0.5) is 10.1 Å². The molecule has 0 radical (unpaired) electrons. The lowest BCUT2D eigenvalue weighted by atomic mass is 9.99. The van der Waals surface area contributed by atoms with Crippen molar-refractivity contribution >= 4 is 41.5 Å². The van der Waals surface area contributed by atoms with Crippen LogP contribution in [0.2, 0.25) is 0 Å². The van der Waals surface area contributed by atoms with E-state index in [0.717, 1.165) is 36.5 Å². The number of carbonyl (C=O) groups is 1. The minimum absolute atomic E-state index is 0. The first-order valence-electron chi connectivity index (χ1n) is 11.0. The molecule has 0 bridgehead atoms. The predicted molar refractivity (Wildman–Crippen MR) is 141 cm³/mol. The Bertz CT molecular complexity index is 925. The second-order valence-electron chi connectivity index (χ2n) is 7.90. The number of methoxy groups -OCH3 is 1. The third-order valence-electron chi connectivity index (χ3n) is 5.57. The number of amides is 1. The van der Waals surface area contributed by atoms with E-state index in [9.17, 15) is 9.18 Å². The van der Waals surface area contributed by atoms with E-state index in [4.69, 9.17) is 10.5 Å². The Labute approximate surface area is 212 Å². The van der Waals surface area contributed by atoms with Crippen molar-refractivity contribution in [3.63, 3.8) is 0 Å². The average Bonchev–Trinajstić information content (AvgIpc) is 3.26. The van der Waals surface area contributed by atoms with Crippen LogP contribution in [0, 0.1) is 11.7 Å². The summed E-state index contributed by atoms with van der Waals surface area (Å²) < 4.78 is 18.6. The predicted octanol–water partition coefficient (Wildman–Crippen LogP) is 2.93. The van der Waals surface area contributed by atoms with Crippen LogP contribution in [-0.4, -0.2) is 51.2 Å². The highest BCUT2D eigenvalue weighted by Gasteiger charge is 2.25. The topological polar surface area (TPSA) is 92.0 Å². The van der Waals surface area contributed by atoms with Gasteiger partial charge in [0.15, 0.2) is 5.96 Å². The highest BCUT2D eigenvalue weighted by molar-refractivity contribution is 14.0. The standard InChI is InChI=1S/C24H32FN5O2.HI/c1-3-27-24(28-15-18(23(26)31)14-17-8-10-19(25)11-9-17)29-20-12-13-30(16-20)21-6-4-5-7-22(21)32-2;/h4-11,18,20H,3,12-16H2,1-2H3,(H2,26,31)(H2,27,28,29);1H. The third-order valence-corrected chi connectivity index (χ3v) is 5.57. The van der Waals surface area contributed by atoms with Crippen molar-refractivity contribution in [2.75, 3.05) is 38.2 Å². The first-order valence-corrected chi connectivity index (χ1v) is 11.0. The summed E-state index contributed by atoms with van der Waals surface area (Å²) in [5.74, 6) is 0.324. The number of halogens is 2. The molecule has 0 saturated carbocycles. The molecule has 1 saturated heterocycles. The molecule has 4 N–H and O–H groups in total. The molecule has 3 rings (SSSR count). The summed E-state index contributed by atoms with van der Waals surface area (Å²) in [4.78, 5) is 18.9. The van der Waals surface area contributed by atoms with E-state index < -0.39 is 11.8 Å². The van der Waals surface area contributed by atoms with Crippen LogP contribution < -0.4 is 26.0 Å². The number of para-hydroxylation sites is 2. The van der Waals surface area contributed by atoms with Crippen molar-refractivity contribution < 1.29 is 13.9 Å². The van der Waals surface area contributed by atoms with Crippen LogP contribution in [0.25, 0.3) is 0 Å². The lowest BCUT2D eigenvalue weighted by Crippen LogP contribution is -2.45. The van der Waals surface area contributed by atoms with Gasteiger partial charge in [0, 0.05) is 25.7 Å². The lowest BCUT2D eigenvalue weighted by molar-refractivity contribution is -0.121. The molecule has 9 heteroatoms. The molecule has 1 aliphatic rings. The summed E-state index contributed by atoms with van der Waals surface area (Å²) in [6.45, 7) is 4.68. The number of nitrogens with zero attached hydrogens (tertiary/aromatic N) is 2. The summed E-state index contributed by atoms with van der Waals surface area (Å²) in [5, 5.41) is 6.72. The van der Waals surface area contributed by atoms with Gasteiger partial charge in [0.25, 0.3) is 0 Å². The number of ether oxygens (including phenoxy) is 1. The maximum Gasteiger partial charge on any atom is 0.222 e. The summed E-state index contributed by atoms with van der Waals surface area (Å²) in [7, 11) is 1.68. The van der Waals surface area contributed by atoms with Gasteiger partial charge in [-0.05, 0) is 49.6 Å². The van der Waals surface area contributed by atoms with Crippen molar-refractivity contribution in [2.24, 2.45) is 16.6 Å². The SMILES string of the molecule is CCNC(=NCC(Cc1ccc(F)cc1)C(N)=O)NC1CCN(c2ccccc2OC)C1.I. The van der Waals surface area contributed by atoms with Gasteiger partial charge >= 0.3 is 0 Å². The number of carbonyl (C=O) groups excluding carboxylic acids is 1. The number of rotatable bonds is 9. The summed E-state index contributed by atoms with van der Waals surface area (Å²) >= 11 is 0. The van der Waals surface area contributed by atoms with Crippen LogP contribution in [0.1, 0.15) is 18.9 Å². The van der Waals surface area contributed by atoms with Gasteiger partial charge in [-0.1, -0.05) is 24.3 Å². The summed E-state index contributed by atoms with van der Waals surface area (Å²) in [5.41, 5.74) is 7.54. The van der Waals surface area contributed by atoms with Crippen molar-refractivity contribution in [1.29, 1.82) is 0 Å². The summed E-state index contributed by atoms with van der Waals surface area (Å²) in [6.07, 6.45) is 1.38. The Balaban J connectivity index is 0.00000385. The molecule has 0 aromatic heterocycles. The number of hydrogen-bond donors (Lipinski definition) is 3. The Kier molecular flexibility index (Phi) is 10.7. The Morgan fingerprint density at radius 3 is 2.67 bits per heavy atom. The van der Waals surface area contributed by atoms with Gasteiger partial charge in [0.05, 0.1) is 25.3 Å². The minimum Gasteiger partial charge on any atom is -0.495 e. The fourth-order valence-electron chi connectivity index (χ4n) is 3.86. The van der Waals surface area contributed by atoms with E-state index in [2.05, 4.69) is 26.6 Å². The van der Waals surface area contributed by atoms with E-state index in [-0.39, 0.29) is 42.4 Å². The molecule has 1 amide bonds. The fourth-order valence-corrected chi connectivity index (χ4v) is 3.86. The van der Waals surface area contributed by atoms with Gasteiger partial charge < -0.3 is 26.0 Å². The van der Waals surface area contributed by atoms with Crippen LogP contribution in [0.5, 0.6) is 5.75 Å². The zero-order valence-corrected chi connectivity index (χ0v) is 21.4. The second kappa shape index (κ2) is 13.2. The first kappa shape index (κ1) is 26.7. The Hall–Kier alpha value is -2.56. The Morgan fingerprint density at radius 1 is 1.27 bits per heavy atom. The monoisotopic (exact) mass is 569 g/mol. The van der Waals surface area contributed by atoms with Gasteiger partial charge in [0.2, 0.25) is 5.91 Å². The van der Waals surface area contributed by atoms with Gasteiger partial charge in [-0.2, -0.15) is 0 Å². The van der Waals surface area contributed by atoms with E-state index >= 15 is 0 Å². The molecule has 0 aliphatic carbocycles. The third kappa shape index (κ3) is 7.76. The number of nitrogens with two attached hydrogens (primary N) is 1. The zero-order chi connectivity index (χ0) is 22.9. The zero-order valence-electron chi connectivity index (χ0n) is 19.1. The highest BCUT2D eigenvalue weighted by Crippen LogP contribution is 2.30. The molecule has 2 aromatic carbocycles. The van der Waals surface area contributed by atoms with E-state index in [1.54, 1.807) is 19.2 Å². The quantitative estimate of drug-likeness (QED) is 0.246. The molecule has 180 valence electrons. The largest absolute Gasteiger partial charge is 0.495 e. The summed E-state index contributed by atoms with van der Waals surface area (Å²) in [6, 6.07) is 14.3. The number of hydrogen-bond acceptors (Lipinski definition) is 4. The van der Waals surface area contributed by atoms with Crippen LogP contribution in [-0.2, 0) is 11.2 Å². The second-order valence-corrected chi connectivity index (χ2v) is 7.90. The lowest BCUT2D eigenvalue weighted by Gasteiger charge is -2.22. The van der Waals surface area contributed by atoms with E-state index in [0.29, 0.717) is 18.9 Å². The molecule has 2 aromatic rings. The number of aliphatic imine (C=N–C) groups is 1. The smallest absolute Gasteiger partial charge is 0.222 e. The number of primary amides is 1. The van der Waals surface area contributed by atoms with Crippen LogP contribution in [0.15, 0.2) is 53.5 Å². The highest BCUT2D eigenvalue weighted by atomic mass is 127. The molecule has 2 unspecified atom stereocenters. The van der Waals surface area contributed by atoms with Crippen LogP contribution >= 0.6 is 24.0 Å². The van der Waals surface area contributed by atoms with Crippen LogP contribution in [0.3, 0.4) is 0 Å². The maximum atomic E-state index is 13.2. The van der Waals surface area contributed by atoms with Gasteiger partial charge in [-0.15, -0.1) is 24.0 Å². The molecular formula is C24H33FIN5O2. The molecule has 1 fully saturated rings. The molecular weight excluding hydrogens is 536 g/mol. The normalized spacial score (nSPS) is 16.6. The van der Waals surface area contributed by atoms with Gasteiger partial charge in [-0.3, -0.25) is 9.79 Å².